The quantitative estimate of drug-likeness (QED) is 0.887. The molecule has 0 aliphatic rings. The molecule has 0 bridgehead atoms. The molecule has 0 unspecified atom stereocenters. The first kappa shape index (κ1) is 13.2. The third kappa shape index (κ3) is 3.93. The monoisotopic (exact) mass is 278 g/mol. The maximum Gasteiger partial charge on any atom is 0.125 e. The number of hydrogen-bond donors (Lipinski definition) is 1. The summed E-state index contributed by atoms with van der Waals surface area (Å²) in [6, 6.07) is 12.1. The molecule has 0 fully saturated rings. The van der Waals surface area contributed by atoms with Crippen LogP contribution in [-0.2, 0) is 11.5 Å². The van der Waals surface area contributed by atoms with E-state index in [1.54, 1.807) is 0 Å². The van der Waals surface area contributed by atoms with E-state index < -0.39 is 0 Å². The van der Waals surface area contributed by atoms with Gasteiger partial charge >= 0.3 is 0 Å². The molecule has 0 saturated carbocycles. The summed E-state index contributed by atoms with van der Waals surface area (Å²) in [5.41, 5.74) is 2.58. The number of nitrogens with one attached hydrogen (secondary N) is 1. The summed E-state index contributed by atoms with van der Waals surface area (Å²) in [6.07, 6.45) is 1.84. The molecule has 0 saturated heterocycles. The van der Waals surface area contributed by atoms with Crippen LogP contribution in [0.3, 0.4) is 0 Å². The van der Waals surface area contributed by atoms with Crippen molar-refractivity contribution in [2.75, 3.05) is 12.4 Å². The van der Waals surface area contributed by atoms with Crippen molar-refractivity contribution < 1.29 is 0 Å². The fraction of sp³-hybridized carbons (Fsp3) is 0.214. The molecule has 4 heteroatoms. The Labute approximate surface area is 117 Å². The van der Waals surface area contributed by atoms with E-state index >= 15 is 0 Å². The summed E-state index contributed by atoms with van der Waals surface area (Å²) >= 11 is 7.74. The fourth-order valence-corrected chi connectivity index (χ4v) is 2.64. The molecule has 0 aliphatic carbocycles. The zero-order valence-electron chi connectivity index (χ0n) is 10.2. The lowest BCUT2D eigenvalue weighted by Crippen LogP contribution is -1.93. The van der Waals surface area contributed by atoms with Gasteiger partial charge in [0.2, 0.25) is 0 Å². The minimum atomic E-state index is 0.788. The highest BCUT2D eigenvalue weighted by Gasteiger charge is 1.98. The number of thioether (sulfide) groups is 1. The smallest absolute Gasteiger partial charge is 0.125 e. The van der Waals surface area contributed by atoms with E-state index in [4.69, 9.17) is 11.6 Å². The number of aromatic nitrogens is 1. The van der Waals surface area contributed by atoms with E-state index in [1.807, 2.05) is 37.1 Å². The molecule has 0 atom stereocenters. The second kappa shape index (κ2) is 6.66. The van der Waals surface area contributed by atoms with Gasteiger partial charge in [0.15, 0.2) is 0 Å². The minimum absolute atomic E-state index is 0.788. The van der Waals surface area contributed by atoms with Crippen LogP contribution in [0.2, 0.25) is 5.02 Å². The van der Waals surface area contributed by atoms with Crippen LogP contribution in [0.5, 0.6) is 0 Å². The van der Waals surface area contributed by atoms with Gasteiger partial charge in [0.1, 0.15) is 5.82 Å². The van der Waals surface area contributed by atoms with E-state index in [9.17, 15) is 0 Å². The third-order valence-corrected chi connectivity index (χ3v) is 3.86. The maximum absolute atomic E-state index is 5.85. The molecule has 0 spiro atoms. The number of halogens is 1. The Kier molecular flexibility index (Phi) is 4.90. The molecular weight excluding hydrogens is 264 g/mol. The standard InChI is InChI=1S/C14H15ClN2S/c1-16-14-8-12(6-7-17-14)10-18-9-11-2-4-13(15)5-3-11/h2-8H,9-10H2,1H3,(H,16,17). The van der Waals surface area contributed by atoms with E-state index in [-0.39, 0.29) is 0 Å². The Hall–Kier alpha value is -1.19. The minimum Gasteiger partial charge on any atom is -0.373 e. The first-order valence-electron chi connectivity index (χ1n) is 5.73. The van der Waals surface area contributed by atoms with Crippen molar-refractivity contribution in [2.24, 2.45) is 0 Å². The van der Waals surface area contributed by atoms with Gasteiger partial charge in [-0.2, -0.15) is 11.8 Å². The Morgan fingerprint density at radius 3 is 2.56 bits per heavy atom. The Bertz CT molecular complexity index is 499. The average Bonchev–Trinajstić information content (AvgIpc) is 2.41. The first-order chi connectivity index (χ1) is 8.78. The predicted octanol–water partition coefficient (Wildman–Crippen LogP) is 4.21. The summed E-state index contributed by atoms with van der Waals surface area (Å²) < 4.78 is 0. The first-order valence-corrected chi connectivity index (χ1v) is 7.26. The van der Waals surface area contributed by atoms with Gasteiger partial charge in [-0.15, -0.1) is 0 Å². The SMILES string of the molecule is CNc1cc(CSCc2ccc(Cl)cc2)ccn1. The Morgan fingerprint density at radius 1 is 1.11 bits per heavy atom. The number of pyridine rings is 1. The van der Waals surface area contributed by atoms with E-state index in [0.29, 0.717) is 0 Å². The lowest BCUT2D eigenvalue weighted by Gasteiger charge is -2.04. The third-order valence-electron chi connectivity index (χ3n) is 2.53. The van der Waals surface area contributed by atoms with Crippen molar-refractivity contribution in [1.82, 2.24) is 4.98 Å². The highest BCUT2D eigenvalue weighted by atomic mass is 35.5. The van der Waals surface area contributed by atoms with Crippen LogP contribution in [0.4, 0.5) is 5.82 Å². The molecule has 0 amide bonds. The van der Waals surface area contributed by atoms with Crippen LogP contribution in [0.1, 0.15) is 11.1 Å². The highest BCUT2D eigenvalue weighted by molar-refractivity contribution is 7.97. The van der Waals surface area contributed by atoms with Crippen LogP contribution >= 0.6 is 23.4 Å². The molecule has 94 valence electrons. The van der Waals surface area contributed by atoms with Crippen molar-refractivity contribution in [3.8, 4) is 0 Å². The summed E-state index contributed by atoms with van der Waals surface area (Å²) in [5.74, 6) is 2.90. The van der Waals surface area contributed by atoms with Gasteiger partial charge in [0.25, 0.3) is 0 Å². The van der Waals surface area contributed by atoms with Crippen LogP contribution in [0.25, 0.3) is 0 Å². The van der Waals surface area contributed by atoms with Gasteiger partial charge in [-0.05, 0) is 35.4 Å². The number of anilines is 1. The van der Waals surface area contributed by atoms with Crippen LogP contribution in [0.15, 0.2) is 42.6 Å². The van der Waals surface area contributed by atoms with Crippen LogP contribution in [-0.4, -0.2) is 12.0 Å². The van der Waals surface area contributed by atoms with Crippen LogP contribution in [0, 0.1) is 0 Å². The second-order valence-electron chi connectivity index (χ2n) is 3.92. The lowest BCUT2D eigenvalue weighted by molar-refractivity contribution is 1.24. The van der Waals surface area contributed by atoms with Gasteiger partial charge < -0.3 is 5.32 Å². The van der Waals surface area contributed by atoms with E-state index in [2.05, 4.69) is 34.6 Å². The van der Waals surface area contributed by atoms with Gasteiger partial charge in [-0.1, -0.05) is 23.7 Å². The van der Waals surface area contributed by atoms with Crippen molar-refractivity contribution >= 4 is 29.2 Å². The summed E-state index contributed by atoms with van der Waals surface area (Å²) in [6.45, 7) is 0. The molecule has 2 nitrogen and oxygen atoms in total. The predicted molar refractivity (Wildman–Crippen MR) is 80.2 cm³/mol. The van der Waals surface area contributed by atoms with Gasteiger partial charge in [-0.3, -0.25) is 0 Å². The molecule has 1 aromatic carbocycles. The van der Waals surface area contributed by atoms with Gasteiger partial charge in [0, 0.05) is 29.8 Å². The lowest BCUT2D eigenvalue weighted by atomic mass is 10.2. The van der Waals surface area contributed by atoms with Crippen molar-refractivity contribution in [2.45, 2.75) is 11.5 Å². The Balaban J connectivity index is 1.86. The molecule has 1 heterocycles. The number of nitrogens with zero attached hydrogens (tertiary/aromatic N) is 1. The normalized spacial score (nSPS) is 10.3. The fourth-order valence-electron chi connectivity index (χ4n) is 1.57. The molecular formula is C14H15ClN2S. The summed E-state index contributed by atoms with van der Waals surface area (Å²) in [4.78, 5) is 4.20. The van der Waals surface area contributed by atoms with Crippen molar-refractivity contribution in [1.29, 1.82) is 0 Å². The molecule has 2 aromatic rings. The van der Waals surface area contributed by atoms with E-state index in [1.165, 1.54) is 11.1 Å². The molecule has 1 N–H and O–H groups in total. The van der Waals surface area contributed by atoms with Gasteiger partial charge in [-0.25, -0.2) is 4.98 Å². The van der Waals surface area contributed by atoms with Crippen molar-refractivity contribution in [3.05, 3.63) is 58.7 Å². The number of hydrogen-bond acceptors (Lipinski definition) is 3. The van der Waals surface area contributed by atoms with Gasteiger partial charge in [0.05, 0.1) is 0 Å². The topological polar surface area (TPSA) is 24.9 Å². The number of benzene rings is 1. The summed E-state index contributed by atoms with van der Waals surface area (Å²) in [5, 5.41) is 3.84. The Morgan fingerprint density at radius 2 is 1.83 bits per heavy atom. The van der Waals surface area contributed by atoms with Crippen molar-refractivity contribution in [3.63, 3.8) is 0 Å². The molecule has 18 heavy (non-hydrogen) atoms. The molecule has 0 radical (unpaired) electrons. The van der Waals surface area contributed by atoms with E-state index in [0.717, 1.165) is 22.3 Å². The number of rotatable bonds is 5. The second-order valence-corrected chi connectivity index (χ2v) is 5.34. The largest absolute Gasteiger partial charge is 0.373 e. The zero-order chi connectivity index (χ0) is 12.8. The maximum atomic E-state index is 5.85. The zero-order valence-corrected chi connectivity index (χ0v) is 11.8. The highest BCUT2D eigenvalue weighted by Crippen LogP contribution is 2.20. The molecule has 2 rings (SSSR count). The molecule has 1 aromatic heterocycles. The summed E-state index contributed by atoms with van der Waals surface area (Å²) in [7, 11) is 1.88. The average molecular weight is 279 g/mol. The molecule has 0 aliphatic heterocycles. The van der Waals surface area contributed by atoms with Crippen LogP contribution < -0.4 is 5.32 Å².